The van der Waals surface area contributed by atoms with Crippen molar-refractivity contribution in [3.8, 4) is 0 Å². The minimum atomic E-state index is -0.973. The molecule has 0 radical (unpaired) electrons. The van der Waals surface area contributed by atoms with Crippen LogP contribution in [0, 0.1) is 23.2 Å². The van der Waals surface area contributed by atoms with Crippen molar-refractivity contribution < 1.29 is 19.8 Å². The number of aliphatic hydroxyl groups excluding tert-OH is 1. The maximum Gasteiger partial charge on any atom is 0.331 e. The Balaban J connectivity index is 2.54. The van der Waals surface area contributed by atoms with Crippen molar-refractivity contribution in [2.24, 2.45) is 23.2 Å². The number of Topliss-reactive ketones (excluding diaryl/α,β-unsaturated/α-hetero) is 1. The van der Waals surface area contributed by atoms with Gasteiger partial charge in [-0.2, -0.15) is 0 Å². The molecule has 0 heterocycles. The molecule has 0 aliphatic heterocycles. The van der Waals surface area contributed by atoms with E-state index in [2.05, 4.69) is 0 Å². The Hall–Kier alpha value is -1.16. The number of carbonyl (C=O) groups excluding carboxylic acids is 1. The summed E-state index contributed by atoms with van der Waals surface area (Å²) in [5.41, 5.74) is -0.696. The fourth-order valence-electron chi connectivity index (χ4n) is 3.91. The van der Waals surface area contributed by atoms with E-state index in [1.807, 2.05) is 20.8 Å². The first-order valence-corrected chi connectivity index (χ1v) is 6.98. The largest absolute Gasteiger partial charge is 0.478 e. The maximum atomic E-state index is 12.6. The van der Waals surface area contributed by atoms with Crippen molar-refractivity contribution in [3.63, 3.8) is 0 Å². The highest BCUT2D eigenvalue weighted by Gasteiger charge is 2.58. The van der Waals surface area contributed by atoms with Gasteiger partial charge in [0, 0.05) is 11.5 Å². The summed E-state index contributed by atoms with van der Waals surface area (Å²) >= 11 is 0. The molecular weight excluding hydrogens is 244 g/mol. The van der Waals surface area contributed by atoms with Crippen LogP contribution in [0.1, 0.15) is 40.0 Å². The molecule has 0 amide bonds. The number of fused-ring (bicyclic) bond motifs is 1. The topological polar surface area (TPSA) is 74.6 Å². The fourth-order valence-corrected chi connectivity index (χ4v) is 3.91. The number of hydrogen-bond donors (Lipinski definition) is 2. The van der Waals surface area contributed by atoms with Crippen LogP contribution in [0.5, 0.6) is 0 Å². The van der Waals surface area contributed by atoms with Crippen LogP contribution in [0.2, 0.25) is 0 Å². The highest BCUT2D eigenvalue weighted by molar-refractivity contribution is 5.94. The average molecular weight is 266 g/mol. The van der Waals surface area contributed by atoms with Crippen molar-refractivity contribution in [1.29, 1.82) is 0 Å². The van der Waals surface area contributed by atoms with E-state index in [1.165, 1.54) is 0 Å². The standard InChI is InChI=1S/C15H22O4/c1-8(2)13(17)15-7-10(14(18)19)4-5-11(15)9(3)6-12(15)16/h7-9,11-12,16H,4-6H2,1-3H3,(H,18,19)/t9-,11+,12-,15-/m1/s1. The molecule has 2 rings (SSSR count). The summed E-state index contributed by atoms with van der Waals surface area (Å²) in [5.74, 6) is -0.870. The lowest BCUT2D eigenvalue weighted by atomic mass is 9.63. The van der Waals surface area contributed by atoms with Crippen LogP contribution in [-0.2, 0) is 9.59 Å². The first kappa shape index (κ1) is 14.3. The molecular formula is C15H22O4. The van der Waals surface area contributed by atoms with Gasteiger partial charge in [0.05, 0.1) is 11.5 Å². The Morgan fingerprint density at radius 1 is 1.42 bits per heavy atom. The van der Waals surface area contributed by atoms with Gasteiger partial charge in [0.25, 0.3) is 0 Å². The van der Waals surface area contributed by atoms with E-state index >= 15 is 0 Å². The van der Waals surface area contributed by atoms with E-state index in [0.717, 1.165) is 0 Å². The second-order valence-corrected chi connectivity index (χ2v) is 6.30. The molecule has 0 aromatic rings. The SMILES string of the molecule is CC(C)C(=O)[C@]12C=C(C(=O)O)CC[C@H]1[C@H](C)C[C@H]2O. The number of carboxylic acids is 1. The van der Waals surface area contributed by atoms with Gasteiger partial charge in [-0.1, -0.05) is 26.8 Å². The molecule has 4 heteroatoms. The first-order chi connectivity index (χ1) is 8.80. The second-order valence-electron chi connectivity index (χ2n) is 6.30. The molecule has 4 nitrogen and oxygen atoms in total. The lowest BCUT2D eigenvalue weighted by molar-refractivity contribution is -0.137. The van der Waals surface area contributed by atoms with Crippen molar-refractivity contribution in [1.82, 2.24) is 0 Å². The summed E-state index contributed by atoms with van der Waals surface area (Å²) in [6, 6.07) is 0. The molecule has 1 saturated carbocycles. The molecule has 0 spiro atoms. The van der Waals surface area contributed by atoms with Crippen molar-refractivity contribution in [2.45, 2.75) is 46.1 Å². The zero-order valence-corrected chi connectivity index (χ0v) is 11.7. The first-order valence-electron chi connectivity index (χ1n) is 6.98. The number of carboxylic acid groups (broad SMARTS) is 1. The van der Waals surface area contributed by atoms with Crippen LogP contribution >= 0.6 is 0 Å². The Morgan fingerprint density at radius 3 is 2.58 bits per heavy atom. The molecule has 2 aliphatic carbocycles. The minimum Gasteiger partial charge on any atom is -0.478 e. The number of ketones is 1. The quantitative estimate of drug-likeness (QED) is 0.819. The van der Waals surface area contributed by atoms with Crippen molar-refractivity contribution >= 4 is 11.8 Å². The normalized spacial score (nSPS) is 37.9. The van der Waals surface area contributed by atoms with Crippen LogP contribution in [0.15, 0.2) is 11.6 Å². The van der Waals surface area contributed by atoms with Gasteiger partial charge in [-0.05, 0) is 31.1 Å². The predicted molar refractivity (Wildman–Crippen MR) is 70.5 cm³/mol. The third-order valence-corrected chi connectivity index (χ3v) is 4.81. The molecule has 0 bridgehead atoms. The minimum absolute atomic E-state index is 0.0206. The lowest BCUT2D eigenvalue weighted by Gasteiger charge is -2.40. The molecule has 1 fully saturated rings. The van der Waals surface area contributed by atoms with Gasteiger partial charge in [0.15, 0.2) is 0 Å². The van der Waals surface area contributed by atoms with Crippen LogP contribution in [0.25, 0.3) is 0 Å². The summed E-state index contributed by atoms with van der Waals surface area (Å²) in [6.45, 7) is 5.67. The molecule has 0 saturated heterocycles. The maximum absolute atomic E-state index is 12.6. The molecule has 0 unspecified atom stereocenters. The summed E-state index contributed by atoms with van der Waals surface area (Å²) in [6.07, 6.45) is 2.56. The van der Waals surface area contributed by atoms with Gasteiger partial charge < -0.3 is 10.2 Å². The third-order valence-electron chi connectivity index (χ3n) is 4.81. The number of carbonyl (C=O) groups is 2. The van der Waals surface area contributed by atoms with Crippen LogP contribution in [0.3, 0.4) is 0 Å². The van der Waals surface area contributed by atoms with Crippen LogP contribution in [0.4, 0.5) is 0 Å². The van der Waals surface area contributed by atoms with Gasteiger partial charge in [-0.3, -0.25) is 4.79 Å². The third kappa shape index (κ3) is 2.02. The number of hydrogen-bond acceptors (Lipinski definition) is 3. The zero-order chi connectivity index (χ0) is 14.4. The Kier molecular flexibility index (Phi) is 3.56. The zero-order valence-electron chi connectivity index (χ0n) is 11.7. The molecule has 2 N–H and O–H groups in total. The van der Waals surface area contributed by atoms with E-state index in [9.17, 15) is 19.8 Å². The van der Waals surface area contributed by atoms with E-state index in [-0.39, 0.29) is 29.1 Å². The van der Waals surface area contributed by atoms with Crippen molar-refractivity contribution in [2.75, 3.05) is 0 Å². The van der Waals surface area contributed by atoms with Crippen LogP contribution < -0.4 is 0 Å². The molecule has 0 aromatic heterocycles. The smallest absolute Gasteiger partial charge is 0.331 e. The van der Waals surface area contributed by atoms with Gasteiger partial charge in [0.2, 0.25) is 0 Å². The lowest BCUT2D eigenvalue weighted by Crippen LogP contribution is -2.46. The van der Waals surface area contributed by atoms with Crippen LogP contribution in [-0.4, -0.2) is 28.1 Å². The Labute approximate surface area is 113 Å². The van der Waals surface area contributed by atoms with E-state index in [0.29, 0.717) is 19.3 Å². The van der Waals surface area contributed by atoms with Gasteiger partial charge in [0.1, 0.15) is 5.78 Å². The highest BCUT2D eigenvalue weighted by atomic mass is 16.4. The van der Waals surface area contributed by atoms with E-state index < -0.39 is 17.5 Å². The molecule has 0 aromatic carbocycles. The van der Waals surface area contributed by atoms with Gasteiger partial charge >= 0.3 is 5.97 Å². The Morgan fingerprint density at radius 2 is 2.05 bits per heavy atom. The number of aliphatic carboxylic acids is 1. The number of rotatable bonds is 3. The highest BCUT2D eigenvalue weighted by Crippen LogP contribution is 2.55. The summed E-state index contributed by atoms with van der Waals surface area (Å²) in [5, 5.41) is 19.6. The molecule has 19 heavy (non-hydrogen) atoms. The van der Waals surface area contributed by atoms with Crippen molar-refractivity contribution in [3.05, 3.63) is 11.6 Å². The summed E-state index contributed by atoms with van der Waals surface area (Å²) in [7, 11) is 0. The summed E-state index contributed by atoms with van der Waals surface area (Å²) < 4.78 is 0. The predicted octanol–water partition coefficient (Wildman–Crippen LogP) is 2.02. The van der Waals surface area contributed by atoms with E-state index in [1.54, 1.807) is 6.08 Å². The number of aliphatic hydroxyl groups is 1. The van der Waals surface area contributed by atoms with Gasteiger partial charge in [-0.15, -0.1) is 0 Å². The average Bonchev–Trinajstić information content (AvgIpc) is 2.60. The van der Waals surface area contributed by atoms with E-state index in [4.69, 9.17) is 0 Å². The molecule has 2 aliphatic rings. The second kappa shape index (κ2) is 4.75. The Bertz CT molecular complexity index is 437. The monoisotopic (exact) mass is 266 g/mol. The molecule has 106 valence electrons. The van der Waals surface area contributed by atoms with Gasteiger partial charge in [-0.25, -0.2) is 4.79 Å². The fraction of sp³-hybridized carbons (Fsp3) is 0.733. The molecule has 4 atom stereocenters. The summed E-state index contributed by atoms with van der Waals surface area (Å²) in [4.78, 5) is 23.8.